The third kappa shape index (κ3) is 4.67. The van der Waals surface area contributed by atoms with Crippen molar-refractivity contribution in [1.29, 1.82) is 0 Å². The van der Waals surface area contributed by atoms with Crippen LogP contribution in [0, 0.1) is 0 Å². The molecule has 1 aliphatic heterocycles. The highest BCUT2D eigenvalue weighted by Gasteiger charge is 2.41. The van der Waals surface area contributed by atoms with Crippen LogP contribution < -0.4 is 14.6 Å². The summed E-state index contributed by atoms with van der Waals surface area (Å²) in [6.45, 7) is 0.212. The first-order valence-corrected chi connectivity index (χ1v) is 11.4. The standard InChI is InChI=1S/C28H25N3O3/c32-15-16-34-23-13-11-22(12-14-23)26-19-31-27(24(29-26)17-20-7-3-1-4-8-20)30-25(28(31)33)18-21-9-5-2-6-10-21/h1-14,19,25,32H,15-18H2/p+1. The number of ether oxygens (including phenoxy) is 1. The molecule has 5 rings (SSSR count). The number of nitrogens with one attached hydrogen (secondary N) is 1. The van der Waals surface area contributed by atoms with Crippen LogP contribution in [0.25, 0.3) is 11.3 Å². The zero-order chi connectivity index (χ0) is 23.3. The second kappa shape index (κ2) is 9.85. The molecule has 0 aliphatic carbocycles. The van der Waals surface area contributed by atoms with E-state index >= 15 is 0 Å². The number of rotatable bonds is 8. The molecule has 1 unspecified atom stereocenters. The monoisotopic (exact) mass is 452 g/mol. The Balaban J connectivity index is 1.50. The van der Waals surface area contributed by atoms with Gasteiger partial charge in [0.2, 0.25) is 0 Å². The van der Waals surface area contributed by atoms with Crippen molar-refractivity contribution in [2.24, 2.45) is 0 Å². The van der Waals surface area contributed by atoms with Gasteiger partial charge in [0.05, 0.1) is 6.61 Å². The minimum absolute atomic E-state index is 0.0136. The summed E-state index contributed by atoms with van der Waals surface area (Å²) in [5.74, 6) is 1.44. The van der Waals surface area contributed by atoms with E-state index < -0.39 is 0 Å². The summed E-state index contributed by atoms with van der Waals surface area (Å²) in [7, 11) is 0. The number of aliphatic hydroxyl groups is 1. The van der Waals surface area contributed by atoms with Gasteiger partial charge in [0.25, 0.3) is 0 Å². The van der Waals surface area contributed by atoms with Gasteiger partial charge < -0.3 is 9.84 Å². The van der Waals surface area contributed by atoms with Gasteiger partial charge >= 0.3 is 11.7 Å². The normalized spacial score (nSPS) is 14.5. The molecule has 0 bridgehead atoms. The fourth-order valence-electron chi connectivity index (χ4n) is 4.20. The number of carbonyl (C=O) groups is 1. The summed E-state index contributed by atoms with van der Waals surface area (Å²) < 4.78 is 7.18. The van der Waals surface area contributed by atoms with Crippen molar-refractivity contribution < 1.29 is 19.2 Å². The lowest BCUT2D eigenvalue weighted by Crippen LogP contribution is -2.44. The average Bonchev–Trinajstić information content (AvgIpc) is 3.19. The first kappa shape index (κ1) is 21.8. The molecule has 1 aliphatic rings. The van der Waals surface area contributed by atoms with E-state index in [4.69, 9.17) is 14.8 Å². The molecule has 0 saturated heterocycles. The van der Waals surface area contributed by atoms with Crippen LogP contribution in [0.1, 0.15) is 21.6 Å². The molecule has 6 heteroatoms. The smallest absolute Gasteiger partial charge is 0.359 e. The van der Waals surface area contributed by atoms with Crippen LogP contribution in [0.3, 0.4) is 0 Å². The Bertz CT molecular complexity index is 1280. The lowest BCUT2D eigenvalue weighted by Gasteiger charge is -2.08. The van der Waals surface area contributed by atoms with E-state index in [1.165, 1.54) is 0 Å². The molecule has 1 aromatic heterocycles. The van der Waals surface area contributed by atoms with Crippen LogP contribution in [0.5, 0.6) is 5.75 Å². The minimum atomic E-state index is -0.344. The summed E-state index contributed by atoms with van der Waals surface area (Å²) in [5.41, 5.74) is 4.67. The van der Waals surface area contributed by atoms with Crippen molar-refractivity contribution in [3.63, 3.8) is 0 Å². The number of carbonyl (C=O) groups excluding carboxylic acids is 1. The van der Waals surface area contributed by atoms with Crippen LogP contribution >= 0.6 is 0 Å². The van der Waals surface area contributed by atoms with E-state index in [9.17, 15) is 4.79 Å². The highest BCUT2D eigenvalue weighted by molar-refractivity contribution is 5.82. The number of fused-ring (bicyclic) bond motifs is 1. The molecule has 0 amide bonds. The molecule has 1 atom stereocenters. The van der Waals surface area contributed by atoms with Crippen LogP contribution in [0.15, 0.2) is 91.1 Å². The van der Waals surface area contributed by atoms with Gasteiger partial charge in [-0.1, -0.05) is 60.7 Å². The molecular formula is C28H26N3O3+. The number of hydrogen-bond donors (Lipinski definition) is 2. The number of hydrogen-bond acceptors (Lipinski definition) is 5. The zero-order valence-electron chi connectivity index (χ0n) is 18.7. The van der Waals surface area contributed by atoms with E-state index in [-0.39, 0.29) is 25.2 Å². The van der Waals surface area contributed by atoms with Gasteiger partial charge in [-0.25, -0.2) is 9.78 Å². The SMILES string of the molecule is O=C1C(Cc2ccccc2)Nc2c(Cc3ccccc3)nc(-c3ccc(OCCO)cc3)c[n+]21. The Kier molecular flexibility index (Phi) is 6.31. The lowest BCUT2D eigenvalue weighted by atomic mass is 10.1. The van der Waals surface area contributed by atoms with Crippen molar-refractivity contribution >= 4 is 11.7 Å². The maximum absolute atomic E-state index is 13.4. The topological polar surface area (TPSA) is 75.3 Å². The van der Waals surface area contributed by atoms with Gasteiger partial charge in [0, 0.05) is 18.4 Å². The van der Waals surface area contributed by atoms with Crippen molar-refractivity contribution in [3.8, 4) is 17.0 Å². The van der Waals surface area contributed by atoms with Gasteiger partial charge in [0.1, 0.15) is 29.9 Å². The number of aliphatic hydroxyl groups excluding tert-OH is 1. The Morgan fingerprint density at radius 1 is 0.912 bits per heavy atom. The van der Waals surface area contributed by atoms with E-state index in [2.05, 4.69) is 17.4 Å². The zero-order valence-corrected chi connectivity index (χ0v) is 18.7. The molecule has 4 aromatic rings. The second-order valence-electron chi connectivity index (χ2n) is 8.28. The average molecular weight is 453 g/mol. The van der Waals surface area contributed by atoms with Crippen LogP contribution in [0.2, 0.25) is 0 Å². The molecule has 0 radical (unpaired) electrons. The predicted molar refractivity (Wildman–Crippen MR) is 130 cm³/mol. The van der Waals surface area contributed by atoms with Crippen molar-refractivity contribution in [1.82, 2.24) is 4.98 Å². The van der Waals surface area contributed by atoms with Gasteiger partial charge in [0.15, 0.2) is 6.04 Å². The Morgan fingerprint density at radius 2 is 1.59 bits per heavy atom. The predicted octanol–water partition coefficient (Wildman–Crippen LogP) is 3.68. The minimum Gasteiger partial charge on any atom is -0.491 e. The molecule has 0 saturated carbocycles. The molecule has 34 heavy (non-hydrogen) atoms. The van der Waals surface area contributed by atoms with Crippen molar-refractivity contribution in [3.05, 3.63) is 108 Å². The third-order valence-corrected chi connectivity index (χ3v) is 5.87. The summed E-state index contributed by atoms with van der Waals surface area (Å²) >= 11 is 0. The second-order valence-corrected chi connectivity index (χ2v) is 8.28. The van der Waals surface area contributed by atoms with Gasteiger partial charge in [-0.15, -0.1) is 0 Å². The molecule has 2 N–H and O–H groups in total. The van der Waals surface area contributed by atoms with Crippen molar-refractivity contribution in [2.45, 2.75) is 18.9 Å². The first-order chi connectivity index (χ1) is 16.7. The van der Waals surface area contributed by atoms with Gasteiger partial charge in [-0.05, 0) is 35.4 Å². The Hall–Kier alpha value is -4.03. The highest BCUT2D eigenvalue weighted by Crippen LogP contribution is 2.26. The molecule has 0 fully saturated rings. The largest absolute Gasteiger partial charge is 0.491 e. The summed E-state index contributed by atoms with van der Waals surface area (Å²) in [6.07, 6.45) is 3.03. The Labute approximate surface area is 198 Å². The van der Waals surface area contributed by atoms with Crippen LogP contribution in [-0.2, 0) is 12.8 Å². The van der Waals surface area contributed by atoms with E-state index in [0.29, 0.717) is 18.6 Å². The molecule has 0 spiro atoms. The fourth-order valence-corrected chi connectivity index (χ4v) is 4.20. The quantitative estimate of drug-likeness (QED) is 0.399. The lowest BCUT2D eigenvalue weighted by molar-refractivity contribution is -0.552. The fraction of sp³-hybridized carbons (Fsp3) is 0.179. The van der Waals surface area contributed by atoms with Crippen molar-refractivity contribution in [2.75, 3.05) is 18.5 Å². The molecule has 2 heterocycles. The molecule has 170 valence electrons. The van der Waals surface area contributed by atoms with Gasteiger partial charge in [-0.3, -0.25) is 5.32 Å². The molecule has 3 aromatic carbocycles. The summed E-state index contributed by atoms with van der Waals surface area (Å²) in [5, 5.41) is 12.4. The third-order valence-electron chi connectivity index (χ3n) is 5.87. The number of benzene rings is 3. The molecule has 6 nitrogen and oxygen atoms in total. The van der Waals surface area contributed by atoms with Crippen LogP contribution in [0.4, 0.5) is 5.82 Å². The summed E-state index contributed by atoms with van der Waals surface area (Å²) in [6, 6.07) is 27.4. The number of anilines is 1. The van der Waals surface area contributed by atoms with E-state index in [1.54, 1.807) is 4.57 Å². The highest BCUT2D eigenvalue weighted by atomic mass is 16.5. The maximum atomic E-state index is 13.4. The van der Waals surface area contributed by atoms with Gasteiger partial charge in [-0.2, -0.15) is 4.57 Å². The first-order valence-electron chi connectivity index (χ1n) is 11.4. The Morgan fingerprint density at radius 3 is 2.26 bits per heavy atom. The maximum Gasteiger partial charge on any atom is 0.359 e. The number of aromatic nitrogens is 2. The summed E-state index contributed by atoms with van der Waals surface area (Å²) in [4.78, 5) is 18.4. The van der Waals surface area contributed by atoms with E-state index in [0.717, 1.165) is 33.9 Å². The molecular weight excluding hydrogens is 426 g/mol. The van der Waals surface area contributed by atoms with E-state index in [1.807, 2.05) is 79.0 Å². The van der Waals surface area contributed by atoms with Crippen LogP contribution in [-0.4, -0.2) is 35.3 Å². The number of nitrogens with zero attached hydrogens (tertiary/aromatic N) is 2.